The summed E-state index contributed by atoms with van der Waals surface area (Å²) in [6, 6.07) is 6.36. The van der Waals surface area contributed by atoms with E-state index in [-0.39, 0.29) is 11.2 Å². The van der Waals surface area contributed by atoms with Crippen LogP contribution in [0.1, 0.15) is 23.6 Å². The van der Waals surface area contributed by atoms with Gasteiger partial charge in [-0.15, -0.1) is 11.3 Å². The normalized spacial score (nSPS) is 12.3. The van der Waals surface area contributed by atoms with E-state index in [1.807, 2.05) is 12.3 Å². The molecule has 1 aromatic carbocycles. The number of nitrogens with zero attached hydrogens (tertiary/aromatic N) is 2. The Hall–Kier alpha value is -1.92. The average molecular weight is 358 g/mol. The summed E-state index contributed by atoms with van der Waals surface area (Å²) < 4.78 is 0. The third-order valence-electron chi connectivity index (χ3n) is 3.76. The summed E-state index contributed by atoms with van der Waals surface area (Å²) in [5.74, 6) is -0.0601. The van der Waals surface area contributed by atoms with Crippen LogP contribution in [-0.4, -0.2) is 21.1 Å². The molecule has 1 unspecified atom stereocenters. The van der Waals surface area contributed by atoms with E-state index in [0.717, 1.165) is 16.1 Å². The maximum Gasteiger partial charge on any atom is 0.239 e. The van der Waals surface area contributed by atoms with E-state index >= 15 is 0 Å². The number of benzene rings is 1. The largest absolute Gasteiger partial charge is 0.301 e. The molecule has 6 heteroatoms. The summed E-state index contributed by atoms with van der Waals surface area (Å²) in [5, 5.41) is 7.10. The number of nitrogens with one attached hydrogen (secondary N) is 1. The molecule has 4 nitrogen and oxygen atoms in total. The highest BCUT2D eigenvalue weighted by Crippen LogP contribution is 2.29. The van der Waals surface area contributed by atoms with Gasteiger partial charge in [-0.25, -0.2) is 9.97 Å². The van der Waals surface area contributed by atoms with Crippen LogP contribution >= 0.6 is 23.1 Å². The van der Waals surface area contributed by atoms with E-state index in [9.17, 15) is 4.79 Å². The van der Waals surface area contributed by atoms with Crippen LogP contribution in [-0.2, 0) is 4.79 Å². The second-order valence-corrected chi connectivity index (χ2v) is 8.10. The molecule has 1 N–H and O–H groups in total. The number of rotatable bonds is 4. The Kier molecular flexibility index (Phi) is 4.87. The Morgan fingerprint density at radius 1 is 1.21 bits per heavy atom. The summed E-state index contributed by atoms with van der Waals surface area (Å²) >= 11 is 2.88. The summed E-state index contributed by atoms with van der Waals surface area (Å²) in [5.41, 5.74) is 4.59. The van der Waals surface area contributed by atoms with Crippen LogP contribution in [0.25, 0.3) is 10.9 Å². The summed E-state index contributed by atoms with van der Waals surface area (Å²) in [6.07, 6.45) is 1.68. The first-order valence-corrected chi connectivity index (χ1v) is 9.45. The molecule has 0 bridgehead atoms. The molecule has 2 aromatic heterocycles. The lowest BCUT2D eigenvalue weighted by Gasteiger charge is -2.13. The minimum atomic E-state index is -0.246. The number of thiazole rings is 1. The number of aryl methyl sites for hydroxylation is 3. The smallest absolute Gasteiger partial charge is 0.239 e. The highest BCUT2D eigenvalue weighted by molar-refractivity contribution is 8.00. The Morgan fingerprint density at radius 3 is 2.71 bits per heavy atom. The van der Waals surface area contributed by atoms with Crippen molar-refractivity contribution in [3.8, 4) is 0 Å². The lowest BCUT2D eigenvalue weighted by molar-refractivity contribution is -0.115. The van der Waals surface area contributed by atoms with Crippen molar-refractivity contribution in [3.63, 3.8) is 0 Å². The maximum absolute atomic E-state index is 12.3. The number of anilines is 1. The fourth-order valence-electron chi connectivity index (χ4n) is 2.60. The molecule has 1 amide bonds. The molecule has 2 heterocycles. The topological polar surface area (TPSA) is 54.9 Å². The van der Waals surface area contributed by atoms with E-state index < -0.39 is 0 Å². The van der Waals surface area contributed by atoms with E-state index in [1.54, 1.807) is 6.20 Å². The van der Waals surface area contributed by atoms with Gasteiger partial charge < -0.3 is 5.32 Å². The maximum atomic E-state index is 12.3. The SMILES string of the molecule is Cc1cc(C)c2nc(SC(C)C(=O)Nc3nccs3)cc(C)c2c1. The molecule has 0 saturated heterocycles. The molecule has 0 aliphatic carbocycles. The van der Waals surface area contributed by atoms with Gasteiger partial charge in [-0.2, -0.15) is 0 Å². The van der Waals surface area contributed by atoms with E-state index in [0.29, 0.717) is 5.13 Å². The quantitative estimate of drug-likeness (QED) is 0.686. The van der Waals surface area contributed by atoms with Crippen LogP contribution in [0, 0.1) is 20.8 Å². The fraction of sp³-hybridized carbons (Fsp3) is 0.278. The Bertz CT molecular complexity index is 891. The zero-order chi connectivity index (χ0) is 17.3. The number of hydrogen-bond acceptors (Lipinski definition) is 5. The molecule has 0 radical (unpaired) electrons. The molecule has 0 aliphatic rings. The third kappa shape index (κ3) is 3.60. The van der Waals surface area contributed by atoms with Gasteiger partial charge in [-0.05, 0) is 51.0 Å². The molecule has 3 aromatic rings. The summed E-state index contributed by atoms with van der Waals surface area (Å²) in [4.78, 5) is 21.1. The minimum Gasteiger partial charge on any atom is -0.301 e. The van der Waals surface area contributed by atoms with Crippen molar-refractivity contribution in [3.05, 3.63) is 46.5 Å². The van der Waals surface area contributed by atoms with Crippen molar-refractivity contribution in [1.82, 2.24) is 9.97 Å². The number of hydrogen-bond donors (Lipinski definition) is 1. The van der Waals surface area contributed by atoms with Gasteiger partial charge in [0.05, 0.1) is 15.8 Å². The van der Waals surface area contributed by atoms with Crippen LogP contribution in [0.15, 0.2) is 34.8 Å². The monoisotopic (exact) mass is 357 g/mol. The first-order valence-electron chi connectivity index (χ1n) is 7.69. The van der Waals surface area contributed by atoms with Crippen molar-refractivity contribution in [2.45, 2.75) is 38.0 Å². The zero-order valence-electron chi connectivity index (χ0n) is 14.1. The van der Waals surface area contributed by atoms with Crippen molar-refractivity contribution in [2.75, 3.05) is 5.32 Å². The molecule has 0 fully saturated rings. The lowest BCUT2D eigenvalue weighted by atomic mass is 10.0. The predicted molar refractivity (Wildman–Crippen MR) is 102 cm³/mol. The number of carbonyl (C=O) groups excluding carboxylic acids is 1. The molecule has 3 rings (SSSR count). The highest BCUT2D eigenvalue weighted by Gasteiger charge is 2.17. The zero-order valence-corrected chi connectivity index (χ0v) is 15.7. The number of carbonyl (C=O) groups is 1. The van der Waals surface area contributed by atoms with Crippen molar-refractivity contribution >= 4 is 45.0 Å². The summed E-state index contributed by atoms with van der Waals surface area (Å²) in [6.45, 7) is 8.15. The predicted octanol–water partition coefficient (Wildman–Crippen LogP) is 4.74. The van der Waals surface area contributed by atoms with Gasteiger partial charge in [0.25, 0.3) is 0 Å². The van der Waals surface area contributed by atoms with Crippen molar-refractivity contribution < 1.29 is 4.79 Å². The molecule has 0 spiro atoms. The minimum absolute atomic E-state index is 0.0601. The van der Waals surface area contributed by atoms with Crippen LogP contribution in [0.4, 0.5) is 5.13 Å². The van der Waals surface area contributed by atoms with Crippen molar-refractivity contribution in [1.29, 1.82) is 0 Å². The molecule has 0 saturated carbocycles. The first kappa shape index (κ1) is 16.9. The summed E-state index contributed by atoms with van der Waals surface area (Å²) in [7, 11) is 0. The molecule has 1 atom stereocenters. The molecular formula is C18H19N3OS2. The second-order valence-electron chi connectivity index (χ2n) is 5.84. The molecular weight excluding hydrogens is 338 g/mol. The van der Waals surface area contributed by atoms with Crippen LogP contribution in [0.2, 0.25) is 0 Å². The third-order valence-corrected chi connectivity index (χ3v) is 5.47. The van der Waals surface area contributed by atoms with Gasteiger partial charge in [0.2, 0.25) is 5.91 Å². The van der Waals surface area contributed by atoms with Crippen molar-refractivity contribution in [2.24, 2.45) is 0 Å². The second kappa shape index (κ2) is 6.91. The highest BCUT2D eigenvalue weighted by atomic mass is 32.2. The Balaban J connectivity index is 1.83. The standard InChI is InChI=1S/C18H19N3OS2/c1-10-7-12(3)16-14(8-10)11(2)9-15(20-16)24-13(4)17(22)21-18-19-5-6-23-18/h5-9,13H,1-4H3,(H,19,21,22). The lowest BCUT2D eigenvalue weighted by Crippen LogP contribution is -2.22. The number of fused-ring (bicyclic) bond motifs is 1. The van der Waals surface area contributed by atoms with E-state index in [1.165, 1.54) is 39.6 Å². The number of amides is 1. The average Bonchev–Trinajstić information content (AvgIpc) is 3.01. The van der Waals surface area contributed by atoms with Gasteiger partial charge >= 0.3 is 0 Å². The van der Waals surface area contributed by atoms with Crippen LogP contribution in [0.5, 0.6) is 0 Å². The van der Waals surface area contributed by atoms with Crippen LogP contribution < -0.4 is 5.32 Å². The molecule has 0 aliphatic heterocycles. The van der Waals surface area contributed by atoms with Gasteiger partial charge in [0, 0.05) is 17.0 Å². The first-order chi connectivity index (χ1) is 11.4. The number of pyridine rings is 1. The Labute approximate surface area is 149 Å². The van der Waals surface area contributed by atoms with Gasteiger partial charge in [-0.3, -0.25) is 4.79 Å². The van der Waals surface area contributed by atoms with Gasteiger partial charge in [0.15, 0.2) is 5.13 Å². The molecule has 24 heavy (non-hydrogen) atoms. The van der Waals surface area contributed by atoms with Gasteiger partial charge in [-0.1, -0.05) is 23.4 Å². The van der Waals surface area contributed by atoms with Gasteiger partial charge in [0.1, 0.15) is 0 Å². The number of thioether (sulfide) groups is 1. The molecule has 124 valence electrons. The fourth-order valence-corrected chi connectivity index (χ4v) is 4.05. The number of aromatic nitrogens is 2. The van der Waals surface area contributed by atoms with E-state index in [2.05, 4.69) is 49.3 Å². The van der Waals surface area contributed by atoms with Crippen LogP contribution in [0.3, 0.4) is 0 Å². The Morgan fingerprint density at radius 2 is 2.00 bits per heavy atom. The van der Waals surface area contributed by atoms with E-state index in [4.69, 9.17) is 4.98 Å².